The molecule has 4 heteroatoms. The Hall–Kier alpha value is -0.160. The van der Waals surface area contributed by atoms with Gasteiger partial charge < -0.3 is 18.9 Å². The van der Waals surface area contributed by atoms with E-state index in [1.165, 1.54) is 0 Å². The fraction of sp³-hybridized carbons (Fsp3) is 1.00. The Kier molecular flexibility index (Phi) is 7.04. The van der Waals surface area contributed by atoms with E-state index in [1.807, 2.05) is 13.8 Å². The molecular formula is C13H26O4. The summed E-state index contributed by atoms with van der Waals surface area (Å²) in [6.07, 6.45) is 2.51. The van der Waals surface area contributed by atoms with Crippen LogP contribution in [0.25, 0.3) is 0 Å². The Morgan fingerprint density at radius 2 is 1.35 bits per heavy atom. The van der Waals surface area contributed by atoms with Crippen LogP contribution in [0.4, 0.5) is 0 Å². The first-order valence-corrected chi connectivity index (χ1v) is 6.54. The lowest BCUT2D eigenvalue weighted by Crippen LogP contribution is -2.37. The van der Waals surface area contributed by atoms with Crippen LogP contribution in [0.2, 0.25) is 0 Å². The van der Waals surface area contributed by atoms with Crippen molar-refractivity contribution in [2.45, 2.75) is 58.5 Å². The molecule has 0 aromatic carbocycles. The van der Waals surface area contributed by atoms with Crippen molar-refractivity contribution in [3.8, 4) is 0 Å². The van der Waals surface area contributed by atoms with E-state index < -0.39 is 0 Å². The molecule has 17 heavy (non-hydrogen) atoms. The maximum absolute atomic E-state index is 5.49. The van der Waals surface area contributed by atoms with Crippen LogP contribution < -0.4 is 0 Å². The fourth-order valence-electron chi connectivity index (χ4n) is 1.68. The van der Waals surface area contributed by atoms with Crippen molar-refractivity contribution in [2.75, 3.05) is 26.4 Å². The molecule has 0 radical (unpaired) electrons. The van der Waals surface area contributed by atoms with Gasteiger partial charge in [0, 0.05) is 6.61 Å². The molecule has 0 aromatic heterocycles. The molecule has 0 N–H and O–H groups in total. The third kappa shape index (κ3) is 6.99. The van der Waals surface area contributed by atoms with Gasteiger partial charge in [0.15, 0.2) is 0 Å². The van der Waals surface area contributed by atoms with Gasteiger partial charge in [-0.05, 0) is 34.1 Å². The molecule has 0 spiro atoms. The first-order chi connectivity index (χ1) is 8.08. The van der Waals surface area contributed by atoms with E-state index >= 15 is 0 Å². The summed E-state index contributed by atoms with van der Waals surface area (Å²) in [7, 11) is 0. The van der Waals surface area contributed by atoms with Crippen molar-refractivity contribution in [2.24, 2.45) is 0 Å². The van der Waals surface area contributed by atoms with Crippen molar-refractivity contribution in [1.29, 1.82) is 0 Å². The lowest BCUT2D eigenvalue weighted by Gasteiger charge is -2.27. The second-order valence-corrected chi connectivity index (χ2v) is 5.01. The number of ether oxygens (including phenoxy) is 4. The number of rotatable bonds is 4. The molecule has 0 amide bonds. The smallest absolute Gasteiger partial charge is 0.104 e. The molecule has 102 valence electrons. The summed E-state index contributed by atoms with van der Waals surface area (Å²) >= 11 is 0. The largest absolute Gasteiger partial charge is 0.379 e. The minimum absolute atomic E-state index is 0.344. The van der Waals surface area contributed by atoms with Gasteiger partial charge in [-0.15, -0.1) is 0 Å². The number of hydrogen-bond acceptors (Lipinski definition) is 4. The van der Waals surface area contributed by atoms with Crippen molar-refractivity contribution >= 4 is 0 Å². The van der Waals surface area contributed by atoms with E-state index in [4.69, 9.17) is 18.9 Å². The highest BCUT2D eigenvalue weighted by molar-refractivity contribution is 4.65. The summed E-state index contributed by atoms with van der Waals surface area (Å²) in [6, 6.07) is 0. The minimum Gasteiger partial charge on any atom is -0.379 e. The highest BCUT2D eigenvalue weighted by Gasteiger charge is 2.19. The topological polar surface area (TPSA) is 36.9 Å². The molecule has 1 unspecified atom stereocenters. The molecule has 2 saturated heterocycles. The van der Waals surface area contributed by atoms with Gasteiger partial charge in [0.25, 0.3) is 0 Å². The zero-order valence-corrected chi connectivity index (χ0v) is 11.5. The molecule has 1 atom stereocenters. The molecule has 2 fully saturated rings. The Morgan fingerprint density at radius 1 is 0.824 bits per heavy atom. The normalized spacial score (nSPS) is 24.7. The molecule has 4 nitrogen and oxygen atoms in total. The lowest BCUT2D eigenvalue weighted by molar-refractivity contribution is -0.146. The van der Waals surface area contributed by atoms with Gasteiger partial charge in [-0.2, -0.15) is 0 Å². The van der Waals surface area contributed by atoms with E-state index in [9.17, 15) is 0 Å². The van der Waals surface area contributed by atoms with Crippen molar-refractivity contribution in [3.05, 3.63) is 0 Å². The number of hydrogen-bond donors (Lipinski definition) is 0. The maximum atomic E-state index is 5.49. The second-order valence-electron chi connectivity index (χ2n) is 5.01. The van der Waals surface area contributed by atoms with Gasteiger partial charge in [-0.1, -0.05) is 0 Å². The summed E-state index contributed by atoms with van der Waals surface area (Å²) in [4.78, 5) is 0. The van der Waals surface area contributed by atoms with Gasteiger partial charge in [0.05, 0.1) is 38.1 Å². The molecule has 2 heterocycles. The average molecular weight is 246 g/mol. The van der Waals surface area contributed by atoms with Crippen LogP contribution >= 0.6 is 0 Å². The van der Waals surface area contributed by atoms with E-state index in [1.54, 1.807) is 0 Å². The minimum atomic E-state index is 0.344. The summed E-state index contributed by atoms with van der Waals surface area (Å²) in [5.74, 6) is 0. The third-order valence-electron chi connectivity index (χ3n) is 2.42. The van der Waals surface area contributed by atoms with Gasteiger partial charge in [-0.3, -0.25) is 0 Å². The van der Waals surface area contributed by atoms with Crippen LogP contribution in [0.15, 0.2) is 0 Å². The highest BCUT2D eigenvalue weighted by atomic mass is 16.6. The summed E-state index contributed by atoms with van der Waals surface area (Å²) in [5.41, 5.74) is 0. The molecule has 0 bridgehead atoms. The van der Waals surface area contributed by atoms with Crippen LogP contribution in [-0.4, -0.2) is 50.8 Å². The Bertz CT molecular complexity index is 184. The van der Waals surface area contributed by atoms with Crippen LogP contribution in [0, 0.1) is 0 Å². The van der Waals surface area contributed by atoms with Crippen LogP contribution in [0.3, 0.4) is 0 Å². The monoisotopic (exact) mass is 246 g/mol. The molecule has 2 aliphatic heterocycles. The van der Waals surface area contributed by atoms with Gasteiger partial charge in [0.2, 0.25) is 0 Å². The van der Waals surface area contributed by atoms with Gasteiger partial charge in [0.1, 0.15) is 6.10 Å². The summed E-state index contributed by atoms with van der Waals surface area (Å²) in [5, 5.41) is 0. The fourth-order valence-corrected chi connectivity index (χ4v) is 1.68. The predicted octanol–water partition coefficient (Wildman–Crippen LogP) is 2.01. The zero-order valence-electron chi connectivity index (χ0n) is 11.5. The van der Waals surface area contributed by atoms with Crippen molar-refractivity contribution in [3.63, 3.8) is 0 Å². The van der Waals surface area contributed by atoms with E-state index in [0.717, 1.165) is 32.8 Å². The van der Waals surface area contributed by atoms with Gasteiger partial charge >= 0.3 is 0 Å². The van der Waals surface area contributed by atoms with Crippen LogP contribution in [-0.2, 0) is 18.9 Å². The SMILES string of the molecule is CC(C)OC1CCOC1.CC(C)OC1COC1. The second kappa shape index (κ2) is 8.03. The van der Waals surface area contributed by atoms with Crippen molar-refractivity contribution in [1.82, 2.24) is 0 Å². The zero-order chi connectivity index (χ0) is 12.7. The van der Waals surface area contributed by atoms with Gasteiger partial charge in [-0.25, -0.2) is 0 Å². The maximum Gasteiger partial charge on any atom is 0.104 e. The molecular weight excluding hydrogens is 220 g/mol. The van der Waals surface area contributed by atoms with E-state index in [0.29, 0.717) is 24.4 Å². The molecule has 0 saturated carbocycles. The first kappa shape index (κ1) is 14.9. The Labute approximate surface area is 105 Å². The van der Waals surface area contributed by atoms with E-state index in [-0.39, 0.29) is 0 Å². The Balaban J connectivity index is 0.000000171. The molecule has 0 aliphatic carbocycles. The summed E-state index contributed by atoms with van der Waals surface area (Å²) < 4.78 is 20.9. The average Bonchev–Trinajstić information content (AvgIpc) is 2.64. The highest BCUT2D eigenvalue weighted by Crippen LogP contribution is 2.09. The Morgan fingerprint density at radius 3 is 1.65 bits per heavy atom. The molecule has 2 aliphatic rings. The van der Waals surface area contributed by atoms with Crippen molar-refractivity contribution < 1.29 is 18.9 Å². The first-order valence-electron chi connectivity index (χ1n) is 6.54. The van der Waals surface area contributed by atoms with E-state index in [2.05, 4.69) is 13.8 Å². The standard InChI is InChI=1S/C7H14O2.C6H12O2/c1-6(2)9-7-3-4-8-5-7;1-5(2)8-6-3-7-4-6/h6-7H,3-5H2,1-2H3;5-6H,3-4H2,1-2H3. The predicted molar refractivity (Wildman–Crippen MR) is 66.3 cm³/mol. The van der Waals surface area contributed by atoms with Crippen LogP contribution in [0.1, 0.15) is 34.1 Å². The lowest BCUT2D eigenvalue weighted by atomic mass is 10.3. The quantitative estimate of drug-likeness (QED) is 0.760. The molecule has 2 rings (SSSR count). The van der Waals surface area contributed by atoms with Crippen LogP contribution in [0.5, 0.6) is 0 Å². The summed E-state index contributed by atoms with van der Waals surface area (Å²) in [6.45, 7) is 11.4. The third-order valence-corrected chi connectivity index (χ3v) is 2.42. The molecule has 0 aromatic rings.